The molecule has 2 aromatic heterocycles. The maximum absolute atomic E-state index is 11.9. The molecule has 0 aromatic carbocycles. The molecule has 0 bridgehead atoms. The molecule has 0 radical (unpaired) electrons. The minimum atomic E-state index is -0.598. The van der Waals surface area contributed by atoms with Crippen molar-refractivity contribution in [1.82, 2.24) is 20.3 Å². The molecule has 2 N–H and O–H groups in total. The molecule has 134 valence electrons. The highest BCUT2D eigenvalue weighted by Crippen LogP contribution is 2.35. The zero-order valence-corrected chi connectivity index (χ0v) is 14.8. The Morgan fingerprint density at radius 1 is 1.44 bits per heavy atom. The normalized spacial score (nSPS) is 18.5. The topological polar surface area (TPSA) is 87.6 Å². The Kier molecular flexibility index (Phi) is 4.87. The molecule has 7 heteroatoms. The summed E-state index contributed by atoms with van der Waals surface area (Å²) in [6.45, 7) is 6.27. The van der Waals surface area contributed by atoms with E-state index in [0.29, 0.717) is 11.5 Å². The fourth-order valence-corrected chi connectivity index (χ4v) is 3.45. The summed E-state index contributed by atoms with van der Waals surface area (Å²) >= 11 is 0. The second-order valence-electron chi connectivity index (χ2n) is 7.08. The lowest BCUT2D eigenvalue weighted by Crippen LogP contribution is -2.41. The number of nitrogens with zero attached hydrogens (tertiary/aromatic N) is 3. The number of pyridine rings is 2. The highest BCUT2D eigenvalue weighted by atomic mass is 16.5. The summed E-state index contributed by atoms with van der Waals surface area (Å²) in [4.78, 5) is 23.0. The quantitative estimate of drug-likeness (QED) is 0.637. The van der Waals surface area contributed by atoms with Gasteiger partial charge >= 0.3 is 0 Å². The number of likely N-dealkylation sites (tertiary alicyclic amines) is 1. The van der Waals surface area contributed by atoms with E-state index in [9.17, 15) is 4.79 Å². The average Bonchev–Trinajstić information content (AvgIpc) is 3.10. The minimum absolute atomic E-state index is 0.200. The molecule has 0 spiro atoms. The SMILES string of the molecule is COc1ccc2c(CN3CCC(C(C)(C)C(=O)NO)C3)ccnc2n1. The second-order valence-corrected chi connectivity index (χ2v) is 7.08. The van der Waals surface area contributed by atoms with Crippen molar-refractivity contribution >= 4 is 16.9 Å². The Morgan fingerprint density at radius 2 is 2.24 bits per heavy atom. The highest BCUT2D eigenvalue weighted by molar-refractivity contribution is 5.81. The molecule has 0 saturated carbocycles. The molecule has 3 rings (SSSR count). The van der Waals surface area contributed by atoms with E-state index in [4.69, 9.17) is 9.94 Å². The van der Waals surface area contributed by atoms with Gasteiger partial charge in [-0.2, -0.15) is 4.98 Å². The van der Waals surface area contributed by atoms with Gasteiger partial charge in [0.15, 0.2) is 5.65 Å². The summed E-state index contributed by atoms with van der Waals surface area (Å²) in [6, 6.07) is 5.84. The van der Waals surface area contributed by atoms with Gasteiger partial charge in [0.25, 0.3) is 0 Å². The van der Waals surface area contributed by atoms with Gasteiger partial charge in [0.2, 0.25) is 11.8 Å². The van der Waals surface area contributed by atoms with Gasteiger partial charge in [-0.3, -0.25) is 14.9 Å². The molecular formula is C18H24N4O3. The first-order chi connectivity index (χ1) is 12.0. The van der Waals surface area contributed by atoms with Crippen LogP contribution >= 0.6 is 0 Å². The van der Waals surface area contributed by atoms with Crippen LogP contribution in [0.2, 0.25) is 0 Å². The van der Waals surface area contributed by atoms with E-state index >= 15 is 0 Å². The maximum atomic E-state index is 11.9. The standard InChI is InChI=1S/C18H24N4O3/c1-18(2,17(23)21-24)13-7-9-22(11-13)10-12-6-8-19-16-14(12)4-5-15(20-16)25-3/h4-6,8,13,24H,7,9-11H2,1-3H3,(H,21,23). The van der Waals surface area contributed by atoms with Gasteiger partial charge in [-0.15, -0.1) is 0 Å². The largest absolute Gasteiger partial charge is 0.481 e. The number of aromatic nitrogens is 2. The number of hydrogen-bond acceptors (Lipinski definition) is 6. The molecule has 1 atom stereocenters. The van der Waals surface area contributed by atoms with Crippen LogP contribution in [0, 0.1) is 11.3 Å². The van der Waals surface area contributed by atoms with Crippen molar-refractivity contribution in [2.75, 3.05) is 20.2 Å². The Hall–Kier alpha value is -2.25. The van der Waals surface area contributed by atoms with E-state index in [1.807, 2.05) is 32.0 Å². The molecule has 3 heterocycles. The Balaban J connectivity index is 1.76. The van der Waals surface area contributed by atoms with Crippen molar-refractivity contribution in [1.29, 1.82) is 0 Å². The van der Waals surface area contributed by atoms with Crippen LogP contribution in [0.4, 0.5) is 0 Å². The third kappa shape index (κ3) is 3.43. The third-order valence-electron chi connectivity index (χ3n) is 5.25. The summed E-state index contributed by atoms with van der Waals surface area (Å²) < 4.78 is 5.16. The molecule has 2 aromatic rings. The van der Waals surface area contributed by atoms with Crippen LogP contribution in [0.3, 0.4) is 0 Å². The summed E-state index contributed by atoms with van der Waals surface area (Å²) in [5.74, 6) is 0.422. The van der Waals surface area contributed by atoms with Gasteiger partial charge < -0.3 is 4.74 Å². The van der Waals surface area contributed by atoms with Gasteiger partial charge in [-0.1, -0.05) is 13.8 Å². The summed E-state index contributed by atoms with van der Waals surface area (Å²) in [6.07, 6.45) is 2.69. The van der Waals surface area contributed by atoms with Crippen LogP contribution in [-0.4, -0.2) is 46.2 Å². The first-order valence-electron chi connectivity index (χ1n) is 8.41. The first kappa shape index (κ1) is 17.6. The average molecular weight is 344 g/mol. The Labute approximate surface area is 147 Å². The van der Waals surface area contributed by atoms with Crippen LogP contribution in [0.25, 0.3) is 11.0 Å². The van der Waals surface area contributed by atoms with Gasteiger partial charge in [0, 0.05) is 36.2 Å². The molecular weight excluding hydrogens is 320 g/mol. The summed E-state index contributed by atoms with van der Waals surface area (Å²) in [5, 5.41) is 9.97. The van der Waals surface area contributed by atoms with Gasteiger partial charge in [-0.05, 0) is 36.6 Å². The first-order valence-corrected chi connectivity index (χ1v) is 8.41. The number of rotatable bonds is 5. The third-order valence-corrected chi connectivity index (χ3v) is 5.25. The van der Waals surface area contributed by atoms with E-state index < -0.39 is 5.41 Å². The van der Waals surface area contributed by atoms with Crippen molar-refractivity contribution < 1.29 is 14.7 Å². The number of carbonyl (C=O) groups excluding carboxylic acids is 1. The predicted octanol–water partition coefficient (Wildman–Crippen LogP) is 1.99. The number of amides is 1. The fraction of sp³-hybridized carbons (Fsp3) is 0.500. The van der Waals surface area contributed by atoms with E-state index in [1.165, 1.54) is 0 Å². The Morgan fingerprint density at radius 3 is 2.96 bits per heavy atom. The van der Waals surface area contributed by atoms with Crippen molar-refractivity contribution in [2.45, 2.75) is 26.8 Å². The number of fused-ring (bicyclic) bond motifs is 1. The monoisotopic (exact) mass is 344 g/mol. The molecule has 1 fully saturated rings. The van der Waals surface area contributed by atoms with Crippen molar-refractivity contribution in [2.24, 2.45) is 11.3 Å². The number of methoxy groups -OCH3 is 1. The number of ether oxygens (including phenoxy) is 1. The smallest absolute Gasteiger partial charge is 0.249 e. The van der Waals surface area contributed by atoms with E-state index in [-0.39, 0.29) is 11.8 Å². The van der Waals surface area contributed by atoms with Gasteiger partial charge in [0.05, 0.1) is 7.11 Å². The van der Waals surface area contributed by atoms with Crippen LogP contribution in [0.5, 0.6) is 5.88 Å². The fourth-order valence-electron chi connectivity index (χ4n) is 3.45. The molecule has 7 nitrogen and oxygen atoms in total. The number of hydrogen-bond donors (Lipinski definition) is 2. The molecule has 1 saturated heterocycles. The number of carbonyl (C=O) groups is 1. The number of nitrogens with one attached hydrogen (secondary N) is 1. The lowest BCUT2D eigenvalue weighted by atomic mass is 9.77. The van der Waals surface area contributed by atoms with Gasteiger partial charge in [-0.25, -0.2) is 10.5 Å². The summed E-state index contributed by atoms with van der Waals surface area (Å²) in [7, 11) is 1.59. The molecule has 0 aliphatic carbocycles. The second kappa shape index (κ2) is 6.93. The van der Waals surface area contributed by atoms with E-state index in [1.54, 1.807) is 18.8 Å². The Bertz CT molecular complexity index is 778. The van der Waals surface area contributed by atoms with Crippen molar-refractivity contribution in [3.63, 3.8) is 0 Å². The van der Waals surface area contributed by atoms with Crippen LogP contribution < -0.4 is 10.2 Å². The molecule has 1 unspecified atom stereocenters. The predicted molar refractivity (Wildman–Crippen MR) is 93.2 cm³/mol. The zero-order valence-electron chi connectivity index (χ0n) is 14.8. The highest BCUT2D eigenvalue weighted by Gasteiger charge is 2.40. The molecule has 1 amide bonds. The van der Waals surface area contributed by atoms with Crippen molar-refractivity contribution in [3.8, 4) is 5.88 Å². The molecule has 25 heavy (non-hydrogen) atoms. The zero-order chi connectivity index (χ0) is 18.0. The molecule has 1 aliphatic heterocycles. The number of hydroxylamine groups is 1. The lowest BCUT2D eigenvalue weighted by Gasteiger charge is -2.29. The van der Waals surface area contributed by atoms with Crippen LogP contribution in [-0.2, 0) is 11.3 Å². The minimum Gasteiger partial charge on any atom is -0.481 e. The maximum Gasteiger partial charge on any atom is 0.249 e. The van der Waals surface area contributed by atoms with Crippen LogP contribution in [0.1, 0.15) is 25.8 Å². The van der Waals surface area contributed by atoms with Crippen molar-refractivity contribution in [3.05, 3.63) is 30.0 Å². The van der Waals surface area contributed by atoms with E-state index in [2.05, 4.69) is 14.9 Å². The van der Waals surface area contributed by atoms with Gasteiger partial charge in [0.1, 0.15) is 0 Å². The molecule has 1 aliphatic rings. The lowest BCUT2D eigenvalue weighted by molar-refractivity contribution is -0.140. The van der Waals surface area contributed by atoms with Crippen LogP contribution in [0.15, 0.2) is 24.4 Å². The van der Waals surface area contributed by atoms with E-state index in [0.717, 1.165) is 37.0 Å². The summed E-state index contributed by atoms with van der Waals surface area (Å²) in [5.41, 5.74) is 3.03.